The summed E-state index contributed by atoms with van der Waals surface area (Å²) in [5, 5.41) is 8.33. The Morgan fingerprint density at radius 2 is 1.60 bits per heavy atom. The lowest BCUT2D eigenvalue weighted by Crippen LogP contribution is -2.06. The molecule has 84 valence electrons. The normalized spacial score (nSPS) is 12.3. The van der Waals surface area contributed by atoms with Crippen LogP contribution in [0.4, 0.5) is 0 Å². The minimum Gasteiger partial charge on any atom is -0.466 e. The van der Waals surface area contributed by atoms with Gasteiger partial charge in [0, 0.05) is 11.1 Å². The third-order valence-electron chi connectivity index (χ3n) is 1.61. The first-order chi connectivity index (χ1) is 7.02. The molecule has 0 heterocycles. The highest BCUT2D eigenvalue weighted by Crippen LogP contribution is 2.01. The predicted molar refractivity (Wildman–Crippen MR) is 52.7 cm³/mol. The van der Waals surface area contributed by atoms with Crippen molar-refractivity contribution >= 4 is 11.9 Å². The molecule has 0 spiro atoms. The van der Waals surface area contributed by atoms with E-state index in [1.807, 2.05) is 0 Å². The fourth-order valence-corrected chi connectivity index (χ4v) is 0.720. The van der Waals surface area contributed by atoms with Crippen LogP contribution in [0.3, 0.4) is 0 Å². The van der Waals surface area contributed by atoms with Crippen LogP contribution in [-0.2, 0) is 19.1 Å². The van der Waals surface area contributed by atoms with Crippen LogP contribution in [0, 0.1) is 0 Å². The molecule has 0 radical (unpaired) electrons. The molecule has 0 aromatic carbocycles. The number of aliphatic hydroxyl groups is 1. The molecule has 0 saturated carbocycles. The van der Waals surface area contributed by atoms with E-state index < -0.39 is 18.7 Å². The van der Waals surface area contributed by atoms with Gasteiger partial charge in [0.1, 0.15) is 0 Å². The number of hydrogen-bond donors (Lipinski definition) is 1. The molecule has 0 aromatic heterocycles. The summed E-state index contributed by atoms with van der Waals surface area (Å²) >= 11 is 0. The number of rotatable bonds is 4. The summed E-state index contributed by atoms with van der Waals surface area (Å²) in [6.45, 7) is 2.41. The lowest BCUT2D eigenvalue weighted by molar-refractivity contribution is -0.146. The van der Waals surface area contributed by atoms with Crippen LogP contribution in [-0.4, -0.2) is 30.9 Å². The van der Waals surface area contributed by atoms with Crippen LogP contribution < -0.4 is 0 Å². The Kier molecular flexibility index (Phi) is 6.05. The zero-order valence-corrected chi connectivity index (χ0v) is 8.94. The van der Waals surface area contributed by atoms with E-state index in [1.165, 1.54) is 26.2 Å². The van der Waals surface area contributed by atoms with Crippen LogP contribution in [0.1, 0.15) is 13.8 Å². The Labute approximate surface area is 88.0 Å². The topological polar surface area (TPSA) is 72.8 Å². The van der Waals surface area contributed by atoms with E-state index in [9.17, 15) is 9.59 Å². The minimum absolute atomic E-state index is 0.285. The predicted octanol–water partition coefficient (Wildman–Crippen LogP) is 0.545. The number of methoxy groups -OCH3 is 1. The van der Waals surface area contributed by atoms with Crippen LogP contribution in [0.5, 0.6) is 0 Å². The maximum atomic E-state index is 11.0. The van der Waals surface area contributed by atoms with Crippen molar-refractivity contribution in [2.24, 2.45) is 0 Å². The monoisotopic (exact) mass is 214 g/mol. The summed E-state index contributed by atoms with van der Waals surface area (Å²) in [7, 11) is 1.27. The second-order valence-electron chi connectivity index (χ2n) is 2.75. The molecule has 0 atom stereocenters. The van der Waals surface area contributed by atoms with E-state index in [4.69, 9.17) is 5.11 Å². The second-order valence-corrected chi connectivity index (χ2v) is 2.75. The summed E-state index contributed by atoms with van der Waals surface area (Å²) in [6.07, 6.45) is 2.87. The Hall–Kier alpha value is -1.62. The third-order valence-corrected chi connectivity index (χ3v) is 1.61. The van der Waals surface area contributed by atoms with Gasteiger partial charge in [0.05, 0.1) is 7.11 Å². The summed E-state index contributed by atoms with van der Waals surface area (Å²) in [5.41, 5.74) is 0.654. The minimum atomic E-state index is -0.663. The van der Waals surface area contributed by atoms with Crippen molar-refractivity contribution in [3.8, 4) is 0 Å². The first-order valence-corrected chi connectivity index (χ1v) is 4.24. The first kappa shape index (κ1) is 13.4. The summed E-state index contributed by atoms with van der Waals surface area (Å²) < 4.78 is 8.79. The molecular weight excluding hydrogens is 200 g/mol. The van der Waals surface area contributed by atoms with Gasteiger partial charge in [-0.3, -0.25) is 0 Å². The van der Waals surface area contributed by atoms with Crippen molar-refractivity contribution in [1.82, 2.24) is 0 Å². The molecule has 0 amide bonds. The number of ether oxygens (including phenoxy) is 2. The van der Waals surface area contributed by atoms with E-state index >= 15 is 0 Å². The smallest absolute Gasteiger partial charge is 0.335 e. The van der Waals surface area contributed by atoms with E-state index in [-0.39, 0.29) is 5.57 Å². The number of esters is 2. The molecule has 0 bridgehead atoms. The largest absolute Gasteiger partial charge is 0.466 e. The molecule has 0 aliphatic rings. The standard InChI is InChI=1S/C10H14O5/c1-7(9(12)14-3)4-5-8(2)10(13)15-6-11/h4-5,11H,6H2,1-3H3/b7-4+,8-5+. The fraction of sp³-hybridized carbons (Fsp3) is 0.400. The Balaban J connectivity index is 4.50. The lowest BCUT2D eigenvalue weighted by atomic mass is 10.2. The number of allylic oxidation sites excluding steroid dienone is 2. The van der Waals surface area contributed by atoms with Crippen molar-refractivity contribution in [2.75, 3.05) is 13.9 Å². The van der Waals surface area contributed by atoms with Gasteiger partial charge in [0.25, 0.3) is 0 Å². The van der Waals surface area contributed by atoms with Gasteiger partial charge in [-0.2, -0.15) is 0 Å². The molecule has 0 aliphatic carbocycles. The number of carbonyl (C=O) groups is 2. The lowest BCUT2D eigenvalue weighted by Gasteiger charge is -1.99. The highest BCUT2D eigenvalue weighted by Gasteiger charge is 2.04. The van der Waals surface area contributed by atoms with Crippen LogP contribution in [0.2, 0.25) is 0 Å². The Morgan fingerprint density at radius 3 is 2.00 bits per heavy atom. The maximum Gasteiger partial charge on any atom is 0.335 e. The summed E-state index contributed by atoms with van der Waals surface area (Å²) in [4.78, 5) is 21.9. The van der Waals surface area contributed by atoms with E-state index in [1.54, 1.807) is 6.92 Å². The van der Waals surface area contributed by atoms with Gasteiger partial charge in [-0.15, -0.1) is 0 Å². The van der Waals surface area contributed by atoms with Gasteiger partial charge in [0.15, 0.2) is 6.79 Å². The van der Waals surface area contributed by atoms with E-state index in [0.29, 0.717) is 5.57 Å². The van der Waals surface area contributed by atoms with Crippen molar-refractivity contribution in [1.29, 1.82) is 0 Å². The molecule has 0 fully saturated rings. The van der Waals surface area contributed by atoms with Gasteiger partial charge in [0.2, 0.25) is 0 Å². The Morgan fingerprint density at radius 1 is 1.13 bits per heavy atom. The van der Waals surface area contributed by atoms with Crippen LogP contribution in [0.15, 0.2) is 23.3 Å². The molecule has 0 rings (SSSR count). The second kappa shape index (κ2) is 6.78. The van der Waals surface area contributed by atoms with Gasteiger partial charge in [-0.1, -0.05) is 12.2 Å². The van der Waals surface area contributed by atoms with E-state index in [2.05, 4.69) is 9.47 Å². The van der Waals surface area contributed by atoms with Gasteiger partial charge in [-0.05, 0) is 13.8 Å². The molecular formula is C10H14O5. The molecule has 5 heteroatoms. The number of hydrogen-bond acceptors (Lipinski definition) is 5. The average molecular weight is 214 g/mol. The number of carbonyl (C=O) groups excluding carboxylic acids is 2. The Bertz CT molecular complexity index is 301. The van der Waals surface area contributed by atoms with Gasteiger partial charge in [-0.25, -0.2) is 9.59 Å². The third kappa shape index (κ3) is 4.97. The highest BCUT2D eigenvalue weighted by atomic mass is 16.6. The van der Waals surface area contributed by atoms with E-state index in [0.717, 1.165) is 0 Å². The van der Waals surface area contributed by atoms with Crippen molar-refractivity contribution < 1.29 is 24.2 Å². The SMILES string of the molecule is COC(=O)/C(C)=C/C=C(\C)C(=O)OCO. The molecule has 0 aliphatic heterocycles. The summed E-state index contributed by atoms with van der Waals surface area (Å²) in [5.74, 6) is -1.10. The van der Waals surface area contributed by atoms with Crippen LogP contribution >= 0.6 is 0 Å². The van der Waals surface area contributed by atoms with Crippen molar-refractivity contribution in [3.63, 3.8) is 0 Å². The number of aliphatic hydroxyl groups excluding tert-OH is 1. The highest BCUT2D eigenvalue weighted by molar-refractivity contribution is 5.90. The fourth-order valence-electron chi connectivity index (χ4n) is 0.720. The quantitative estimate of drug-likeness (QED) is 0.320. The van der Waals surface area contributed by atoms with Crippen LogP contribution in [0.25, 0.3) is 0 Å². The molecule has 0 saturated heterocycles. The zero-order valence-electron chi connectivity index (χ0n) is 8.94. The maximum absolute atomic E-state index is 11.0. The average Bonchev–Trinajstić information content (AvgIpc) is 2.24. The summed E-state index contributed by atoms with van der Waals surface area (Å²) in [6, 6.07) is 0. The van der Waals surface area contributed by atoms with Crippen molar-refractivity contribution in [2.45, 2.75) is 13.8 Å². The molecule has 5 nitrogen and oxygen atoms in total. The van der Waals surface area contributed by atoms with Gasteiger partial charge < -0.3 is 14.6 Å². The molecule has 0 aromatic rings. The first-order valence-electron chi connectivity index (χ1n) is 4.24. The van der Waals surface area contributed by atoms with Crippen molar-refractivity contribution in [3.05, 3.63) is 23.3 Å². The molecule has 15 heavy (non-hydrogen) atoms. The molecule has 1 N–H and O–H groups in total. The zero-order chi connectivity index (χ0) is 11.8. The van der Waals surface area contributed by atoms with Gasteiger partial charge >= 0.3 is 11.9 Å². The molecule has 0 unspecified atom stereocenters.